The van der Waals surface area contributed by atoms with Crippen LogP contribution < -0.4 is 0 Å². The third-order valence-electron chi connectivity index (χ3n) is 2.78. The number of methoxy groups -OCH3 is 1. The molecule has 0 amide bonds. The summed E-state index contributed by atoms with van der Waals surface area (Å²) in [5.74, 6) is -0.463. The molecule has 0 spiro atoms. The summed E-state index contributed by atoms with van der Waals surface area (Å²) in [6, 6.07) is 11.4. The molecule has 0 aliphatic rings. The summed E-state index contributed by atoms with van der Waals surface area (Å²) >= 11 is 0. The van der Waals surface area contributed by atoms with E-state index in [1.165, 1.54) is 7.11 Å². The highest BCUT2D eigenvalue weighted by Crippen LogP contribution is 2.31. The molecular weight excluding hydrogens is 202 g/mol. The Morgan fingerprint density at radius 3 is 2.50 bits per heavy atom. The lowest BCUT2D eigenvalue weighted by Gasteiger charge is -2.31. The molecule has 0 bridgehead atoms. The SMILES string of the molecule is CCC(C#N)C(O)(COC)c1ccccc1. The second kappa shape index (κ2) is 5.64. The van der Waals surface area contributed by atoms with Crippen LogP contribution >= 0.6 is 0 Å². The summed E-state index contributed by atoms with van der Waals surface area (Å²) in [7, 11) is 1.53. The Morgan fingerprint density at radius 1 is 1.44 bits per heavy atom. The third-order valence-corrected chi connectivity index (χ3v) is 2.78. The number of hydrogen-bond donors (Lipinski definition) is 1. The van der Waals surface area contributed by atoms with E-state index in [1.54, 1.807) is 0 Å². The van der Waals surface area contributed by atoms with Crippen molar-refractivity contribution in [3.8, 4) is 6.07 Å². The highest BCUT2D eigenvalue weighted by atomic mass is 16.5. The minimum Gasteiger partial charge on any atom is -0.381 e. The van der Waals surface area contributed by atoms with Crippen LogP contribution in [0.2, 0.25) is 0 Å². The van der Waals surface area contributed by atoms with Crippen LogP contribution in [0, 0.1) is 17.2 Å². The number of nitrogens with zero attached hydrogens (tertiary/aromatic N) is 1. The molecule has 0 aromatic heterocycles. The molecule has 2 atom stereocenters. The van der Waals surface area contributed by atoms with E-state index in [1.807, 2.05) is 37.3 Å². The second-order valence-corrected chi connectivity index (χ2v) is 3.81. The number of rotatable bonds is 5. The van der Waals surface area contributed by atoms with Crippen molar-refractivity contribution in [2.45, 2.75) is 18.9 Å². The van der Waals surface area contributed by atoms with E-state index in [0.29, 0.717) is 6.42 Å². The van der Waals surface area contributed by atoms with Gasteiger partial charge in [0.15, 0.2) is 0 Å². The molecule has 1 rings (SSSR count). The summed E-state index contributed by atoms with van der Waals surface area (Å²) in [5, 5.41) is 19.7. The highest BCUT2D eigenvalue weighted by Gasteiger charge is 2.37. The zero-order valence-electron chi connectivity index (χ0n) is 9.68. The van der Waals surface area contributed by atoms with Gasteiger partial charge < -0.3 is 9.84 Å². The zero-order valence-corrected chi connectivity index (χ0v) is 9.68. The van der Waals surface area contributed by atoms with E-state index in [4.69, 9.17) is 10.00 Å². The lowest BCUT2D eigenvalue weighted by molar-refractivity contribution is -0.0654. The largest absolute Gasteiger partial charge is 0.381 e. The molecule has 0 saturated heterocycles. The molecule has 86 valence electrons. The van der Waals surface area contributed by atoms with E-state index in [0.717, 1.165) is 5.56 Å². The van der Waals surface area contributed by atoms with Crippen molar-refractivity contribution in [1.82, 2.24) is 0 Å². The van der Waals surface area contributed by atoms with Crippen molar-refractivity contribution in [2.75, 3.05) is 13.7 Å². The van der Waals surface area contributed by atoms with Crippen LogP contribution in [0.25, 0.3) is 0 Å². The third kappa shape index (κ3) is 2.41. The predicted octanol–water partition coefficient (Wildman–Crippen LogP) is 2.07. The van der Waals surface area contributed by atoms with E-state index in [-0.39, 0.29) is 6.61 Å². The fraction of sp³-hybridized carbons (Fsp3) is 0.462. The number of ether oxygens (including phenoxy) is 1. The molecule has 1 N–H and O–H groups in total. The van der Waals surface area contributed by atoms with Gasteiger partial charge in [-0.05, 0) is 12.0 Å². The van der Waals surface area contributed by atoms with Gasteiger partial charge in [-0.25, -0.2) is 0 Å². The topological polar surface area (TPSA) is 53.2 Å². The lowest BCUT2D eigenvalue weighted by Crippen LogP contribution is -2.38. The average molecular weight is 219 g/mol. The maximum atomic E-state index is 10.6. The Labute approximate surface area is 96.3 Å². The van der Waals surface area contributed by atoms with Crippen LogP contribution in [0.3, 0.4) is 0 Å². The van der Waals surface area contributed by atoms with Crippen LogP contribution in [0.5, 0.6) is 0 Å². The first-order valence-corrected chi connectivity index (χ1v) is 5.35. The average Bonchev–Trinajstić information content (AvgIpc) is 2.32. The maximum Gasteiger partial charge on any atom is 0.129 e. The summed E-state index contributed by atoms with van der Waals surface area (Å²) in [6.07, 6.45) is 0.589. The standard InChI is InChI=1S/C13H17NO2/c1-3-11(9-14)13(15,10-16-2)12-7-5-4-6-8-12/h4-8,11,15H,3,10H2,1-2H3. The van der Waals surface area contributed by atoms with Gasteiger partial charge in [0.1, 0.15) is 5.60 Å². The molecule has 0 heterocycles. The van der Waals surface area contributed by atoms with Gasteiger partial charge in [0.2, 0.25) is 0 Å². The molecule has 2 unspecified atom stereocenters. The van der Waals surface area contributed by atoms with Crippen molar-refractivity contribution in [3.63, 3.8) is 0 Å². The Balaban J connectivity index is 3.11. The monoisotopic (exact) mass is 219 g/mol. The van der Waals surface area contributed by atoms with Crippen LogP contribution in [0.15, 0.2) is 30.3 Å². The van der Waals surface area contributed by atoms with Gasteiger partial charge >= 0.3 is 0 Å². The van der Waals surface area contributed by atoms with E-state index < -0.39 is 11.5 Å². The molecule has 16 heavy (non-hydrogen) atoms. The number of nitriles is 1. The fourth-order valence-corrected chi connectivity index (χ4v) is 1.87. The smallest absolute Gasteiger partial charge is 0.129 e. The van der Waals surface area contributed by atoms with Gasteiger partial charge in [-0.15, -0.1) is 0 Å². The molecule has 1 aromatic rings. The van der Waals surface area contributed by atoms with Crippen LogP contribution in [0.1, 0.15) is 18.9 Å². The molecule has 0 fully saturated rings. The molecule has 0 radical (unpaired) electrons. The highest BCUT2D eigenvalue weighted by molar-refractivity contribution is 5.25. The maximum absolute atomic E-state index is 10.6. The summed E-state index contributed by atoms with van der Waals surface area (Å²) in [5.41, 5.74) is -0.496. The van der Waals surface area contributed by atoms with Gasteiger partial charge in [0, 0.05) is 7.11 Å². The van der Waals surface area contributed by atoms with Crippen LogP contribution in [-0.2, 0) is 10.3 Å². The molecule has 1 aromatic carbocycles. The zero-order chi connectivity index (χ0) is 12.0. The normalized spacial score (nSPS) is 16.1. The quantitative estimate of drug-likeness (QED) is 0.824. The van der Waals surface area contributed by atoms with Gasteiger partial charge in [0.05, 0.1) is 18.6 Å². The van der Waals surface area contributed by atoms with E-state index >= 15 is 0 Å². The molecule has 0 aliphatic heterocycles. The summed E-state index contributed by atoms with van der Waals surface area (Å²) in [6.45, 7) is 2.01. The van der Waals surface area contributed by atoms with Gasteiger partial charge in [-0.2, -0.15) is 5.26 Å². The van der Waals surface area contributed by atoms with Crippen molar-refractivity contribution in [3.05, 3.63) is 35.9 Å². The number of aliphatic hydroxyl groups is 1. The first-order valence-electron chi connectivity index (χ1n) is 5.35. The molecule has 0 saturated carbocycles. The Bertz CT molecular complexity index is 358. The van der Waals surface area contributed by atoms with Gasteiger partial charge in [-0.1, -0.05) is 37.3 Å². The number of benzene rings is 1. The summed E-state index contributed by atoms with van der Waals surface area (Å²) < 4.78 is 5.04. The summed E-state index contributed by atoms with van der Waals surface area (Å²) in [4.78, 5) is 0. The van der Waals surface area contributed by atoms with Crippen molar-refractivity contribution < 1.29 is 9.84 Å². The van der Waals surface area contributed by atoms with Crippen molar-refractivity contribution >= 4 is 0 Å². The van der Waals surface area contributed by atoms with Gasteiger partial charge in [-0.3, -0.25) is 0 Å². The first-order chi connectivity index (χ1) is 7.69. The fourth-order valence-electron chi connectivity index (χ4n) is 1.87. The Kier molecular flexibility index (Phi) is 4.48. The minimum atomic E-state index is -1.22. The predicted molar refractivity (Wildman–Crippen MR) is 61.6 cm³/mol. The van der Waals surface area contributed by atoms with Gasteiger partial charge in [0.25, 0.3) is 0 Å². The van der Waals surface area contributed by atoms with Crippen molar-refractivity contribution in [2.24, 2.45) is 5.92 Å². The molecule has 3 nitrogen and oxygen atoms in total. The van der Waals surface area contributed by atoms with E-state index in [2.05, 4.69) is 6.07 Å². The first kappa shape index (κ1) is 12.7. The Hall–Kier alpha value is -1.37. The number of hydrogen-bond acceptors (Lipinski definition) is 3. The second-order valence-electron chi connectivity index (χ2n) is 3.81. The Morgan fingerprint density at radius 2 is 2.06 bits per heavy atom. The van der Waals surface area contributed by atoms with Crippen molar-refractivity contribution in [1.29, 1.82) is 5.26 Å². The minimum absolute atomic E-state index is 0.128. The van der Waals surface area contributed by atoms with Crippen LogP contribution in [-0.4, -0.2) is 18.8 Å². The van der Waals surface area contributed by atoms with Crippen LogP contribution in [0.4, 0.5) is 0 Å². The van der Waals surface area contributed by atoms with E-state index in [9.17, 15) is 5.11 Å². The molecule has 0 aliphatic carbocycles. The molecular formula is C13H17NO2. The molecule has 3 heteroatoms. The lowest BCUT2D eigenvalue weighted by atomic mass is 9.81.